The molecule has 0 atom stereocenters. The Morgan fingerprint density at radius 2 is 1.71 bits per heavy atom. The van der Waals surface area contributed by atoms with Gasteiger partial charge in [-0.3, -0.25) is 9.59 Å². The Balaban J connectivity index is 1.48. The summed E-state index contributed by atoms with van der Waals surface area (Å²) in [7, 11) is 0. The Kier molecular flexibility index (Phi) is 5.38. The fraction of sp³-hybridized carbons (Fsp3) is 0.579. The maximum Gasteiger partial charge on any atom is 0.306 e. The first-order chi connectivity index (χ1) is 11.6. The summed E-state index contributed by atoms with van der Waals surface area (Å²) < 4.78 is 5.86. The van der Waals surface area contributed by atoms with Gasteiger partial charge in [0.1, 0.15) is 5.75 Å². The van der Waals surface area contributed by atoms with Gasteiger partial charge in [-0.2, -0.15) is 0 Å². The monoisotopic (exact) mass is 331 g/mol. The molecule has 2 aliphatic carbocycles. The lowest BCUT2D eigenvalue weighted by atomic mass is 9.81. The topological polar surface area (TPSA) is 75.6 Å². The molecule has 2 N–H and O–H groups in total. The number of ether oxygens (including phenoxy) is 1. The second-order valence-corrected chi connectivity index (χ2v) is 6.97. The summed E-state index contributed by atoms with van der Waals surface area (Å²) in [5, 5.41) is 12.0. The van der Waals surface area contributed by atoms with Gasteiger partial charge in [-0.15, -0.1) is 0 Å². The van der Waals surface area contributed by atoms with Crippen molar-refractivity contribution in [3.05, 3.63) is 29.8 Å². The number of hydrogen-bond donors (Lipinski definition) is 2. The Hall–Kier alpha value is -2.04. The van der Waals surface area contributed by atoms with E-state index in [-0.39, 0.29) is 17.7 Å². The number of carboxylic acids is 1. The second kappa shape index (κ2) is 7.69. The molecule has 130 valence electrons. The van der Waals surface area contributed by atoms with Crippen molar-refractivity contribution in [2.75, 3.05) is 6.61 Å². The van der Waals surface area contributed by atoms with Gasteiger partial charge in [0, 0.05) is 18.0 Å². The van der Waals surface area contributed by atoms with Crippen molar-refractivity contribution in [2.24, 2.45) is 17.8 Å². The van der Waals surface area contributed by atoms with Gasteiger partial charge < -0.3 is 15.2 Å². The van der Waals surface area contributed by atoms with Crippen LogP contribution in [0.5, 0.6) is 5.75 Å². The summed E-state index contributed by atoms with van der Waals surface area (Å²) >= 11 is 0. The molecule has 0 radical (unpaired) electrons. The van der Waals surface area contributed by atoms with Gasteiger partial charge in [0.25, 0.3) is 0 Å². The molecule has 0 aromatic heterocycles. The Morgan fingerprint density at radius 1 is 1.04 bits per heavy atom. The van der Waals surface area contributed by atoms with Crippen molar-refractivity contribution >= 4 is 11.9 Å². The summed E-state index contributed by atoms with van der Waals surface area (Å²) in [6.45, 7) is 1.21. The first-order valence-electron chi connectivity index (χ1n) is 8.84. The van der Waals surface area contributed by atoms with Crippen LogP contribution in [-0.4, -0.2) is 23.6 Å². The van der Waals surface area contributed by atoms with Gasteiger partial charge in [0.15, 0.2) is 0 Å². The molecular weight excluding hydrogens is 306 g/mol. The molecule has 0 bridgehead atoms. The number of carbonyl (C=O) groups excluding carboxylic acids is 1. The molecule has 0 spiro atoms. The quantitative estimate of drug-likeness (QED) is 0.805. The van der Waals surface area contributed by atoms with E-state index >= 15 is 0 Å². The van der Waals surface area contributed by atoms with Crippen LogP contribution < -0.4 is 10.1 Å². The highest BCUT2D eigenvalue weighted by Gasteiger charge is 2.29. The highest BCUT2D eigenvalue weighted by Crippen LogP contribution is 2.31. The van der Waals surface area contributed by atoms with E-state index in [1.165, 1.54) is 12.8 Å². The zero-order valence-electron chi connectivity index (χ0n) is 13.9. The zero-order valence-corrected chi connectivity index (χ0v) is 13.9. The van der Waals surface area contributed by atoms with E-state index in [1.807, 2.05) is 24.3 Å². The van der Waals surface area contributed by atoms with Gasteiger partial charge in [-0.25, -0.2) is 0 Å². The highest BCUT2D eigenvalue weighted by atomic mass is 16.5. The number of nitrogens with one attached hydrogen (secondary N) is 1. The summed E-state index contributed by atoms with van der Waals surface area (Å²) in [6, 6.07) is 7.82. The summed E-state index contributed by atoms with van der Waals surface area (Å²) in [5.41, 5.74) is 0.991. The van der Waals surface area contributed by atoms with E-state index in [0.717, 1.165) is 17.9 Å². The number of benzene rings is 1. The average molecular weight is 331 g/mol. The molecule has 5 nitrogen and oxygen atoms in total. The summed E-state index contributed by atoms with van der Waals surface area (Å²) in [5.74, 6) is 0.466. The highest BCUT2D eigenvalue weighted by molar-refractivity contribution is 5.79. The standard InChI is InChI=1S/C19H25NO4/c21-18(14-7-9-15(10-8-14)19(22)23)20-11-16-3-1-2-4-17(16)24-12-13-5-6-13/h1-4,13-15H,5-12H2,(H,20,21)(H,22,23). The molecule has 3 rings (SSSR count). The first-order valence-corrected chi connectivity index (χ1v) is 8.84. The number of para-hydroxylation sites is 1. The predicted molar refractivity (Wildman–Crippen MR) is 89.6 cm³/mol. The lowest BCUT2D eigenvalue weighted by Gasteiger charge is -2.25. The van der Waals surface area contributed by atoms with Gasteiger partial charge in [0.05, 0.1) is 12.5 Å². The SMILES string of the molecule is O=C(O)C1CCC(C(=O)NCc2ccccc2OCC2CC2)CC1. The van der Waals surface area contributed by atoms with Crippen molar-refractivity contribution in [3.63, 3.8) is 0 Å². The minimum Gasteiger partial charge on any atom is -0.493 e. The lowest BCUT2D eigenvalue weighted by Crippen LogP contribution is -2.34. The largest absolute Gasteiger partial charge is 0.493 e. The fourth-order valence-corrected chi connectivity index (χ4v) is 3.21. The molecule has 5 heteroatoms. The summed E-state index contributed by atoms with van der Waals surface area (Å²) in [4.78, 5) is 23.3. The Bertz CT molecular complexity index is 589. The van der Waals surface area contributed by atoms with Gasteiger partial charge in [0.2, 0.25) is 5.91 Å². The van der Waals surface area contributed by atoms with Crippen LogP contribution in [0.1, 0.15) is 44.1 Å². The molecule has 2 aliphatic rings. The van der Waals surface area contributed by atoms with Crippen molar-refractivity contribution in [1.82, 2.24) is 5.32 Å². The molecule has 1 aromatic carbocycles. The van der Waals surface area contributed by atoms with Crippen molar-refractivity contribution in [3.8, 4) is 5.75 Å². The van der Waals surface area contributed by atoms with Crippen LogP contribution in [0, 0.1) is 17.8 Å². The number of aliphatic carboxylic acids is 1. The van der Waals surface area contributed by atoms with Crippen molar-refractivity contribution in [2.45, 2.75) is 45.1 Å². The van der Waals surface area contributed by atoms with Crippen LogP contribution in [0.4, 0.5) is 0 Å². The Labute approximate surface area is 142 Å². The molecule has 0 unspecified atom stereocenters. The van der Waals surface area contributed by atoms with Crippen LogP contribution in [0.15, 0.2) is 24.3 Å². The van der Waals surface area contributed by atoms with Crippen LogP contribution in [-0.2, 0) is 16.1 Å². The third-order valence-corrected chi connectivity index (χ3v) is 5.04. The smallest absolute Gasteiger partial charge is 0.306 e. The van der Waals surface area contributed by atoms with E-state index in [9.17, 15) is 9.59 Å². The minimum atomic E-state index is -0.740. The lowest BCUT2D eigenvalue weighted by molar-refractivity contribution is -0.144. The van der Waals surface area contributed by atoms with Gasteiger partial charge >= 0.3 is 5.97 Å². The number of rotatable bonds is 7. The molecular formula is C19H25NO4. The first kappa shape index (κ1) is 16.8. The number of hydrogen-bond acceptors (Lipinski definition) is 3. The molecule has 0 saturated heterocycles. The second-order valence-electron chi connectivity index (χ2n) is 6.97. The molecule has 2 saturated carbocycles. The van der Waals surface area contributed by atoms with E-state index in [0.29, 0.717) is 38.1 Å². The van der Waals surface area contributed by atoms with Crippen molar-refractivity contribution < 1.29 is 19.4 Å². The molecule has 0 aliphatic heterocycles. The number of carboxylic acid groups (broad SMARTS) is 1. The van der Waals surface area contributed by atoms with E-state index in [2.05, 4.69) is 5.32 Å². The van der Waals surface area contributed by atoms with Crippen molar-refractivity contribution in [1.29, 1.82) is 0 Å². The predicted octanol–water partition coefficient (Wildman–Crippen LogP) is 2.98. The van der Waals surface area contributed by atoms with E-state index in [1.54, 1.807) is 0 Å². The van der Waals surface area contributed by atoms with Crippen LogP contribution in [0.25, 0.3) is 0 Å². The molecule has 24 heavy (non-hydrogen) atoms. The Morgan fingerprint density at radius 3 is 2.38 bits per heavy atom. The molecule has 1 amide bonds. The average Bonchev–Trinajstić information content (AvgIpc) is 3.43. The van der Waals surface area contributed by atoms with Crippen LogP contribution in [0.2, 0.25) is 0 Å². The zero-order chi connectivity index (χ0) is 16.9. The normalized spacial score (nSPS) is 23.5. The van der Waals surface area contributed by atoms with Gasteiger partial charge in [-0.05, 0) is 50.5 Å². The third kappa shape index (κ3) is 4.49. The number of amides is 1. The van der Waals surface area contributed by atoms with E-state index < -0.39 is 5.97 Å². The van der Waals surface area contributed by atoms with Crippen LogP contribution >= 0.6 is 0 Å². The minimum absolute atomic E-state index is 0.0239. The van der Waals surface area contributed by atoms with Crippen LogP contribution in [0.3, 0.4) is 0 Å². The maximum absolute atomic E-state index is 12.3. The molecule has 1 aromatic rings. The maximum atomic E-state index is 12.3. The van der Waals surface area contributed by atoms with E-state index in [4.69, 9.17) is 9.84 Å². The molecule has 2 fully saturated rings. The summed E-state index contributed by atoms with van der Waals surface area (Å²) in [6.07, 6.45) is 4.99. The molecule has 0 heterocycles. The number of carbonyl (C=O) groups is 2. The fourth-order valence-electron chi connectivity index (χ4n) is 3.21. The van der Waals surface area contributed by atoms with Gasteiger partial charge in [-0.1, -0.05) is 18.2 Å². The third-order valence-electron chi connectivity index (χ3n) is 5.04.